The van der Waals surface area contributed by atoms with Crippen LogP contribution in [-0.4, -0.2) is 29.2 Å². The molecule has 1 aliphatic heterocycles. The van der Waals surface area contributed by atoms with Gasteiger partial charge in [0, 0.05) is 13.1 Å². The molecule has 0 amide bonds. The molecule has 18 heavy (non-hydrogen) atoms. The zero-order valence-electron chi connectivity index (χ0n) is 9.41. The highest BCUT2D eigenvalue weighted by molar-refractivity contribution is 6.32. The van der Waals surface area contributed by atoms with Gasteiger partial charge in [0.2, 0.25) is 0 Å². The Hall–Kier alpha value is -1.24. The van der Waals surface area contributed by atoms with Crippen LogP contribution in [0.15, 0.2) is 6.33 Å². The van der Waals surface area contributed by atoms with Gasteiger partial charge < -0.3 is 10.6 Å². The van der Waals surface area contributed by atoms with Crippen molar-refractivity contribution in [1.29, 1.82) is 0 Å². The van der Waals surface area contributed by atoms with Gasteiger partial charge in [-0.1, -0.05) is 11.6 Å². The first kappa shape index (κ1) is 13.2. The van der Waals surface area contributed by atoms with Gasteiger partial charge in [-0.25, -0.2) is 9.97 Å². The molecule has 1 aromatic heterocycles. The number of nitrogens with two attached hydrogens (primary N) is 1. The molecule has 0 aliphatic carbocycles. The fraction of sp³-hybridized carbons (Fsp3) is 0.600. The summed E-state index contributed by atoms with van der Waals surface area (Å²) in [4.78, 5) is 9.12. The SMILES string of the molecule is Nc1c(Cl)ncnc1N1CCCC(C(F)(F)F)C1. The minimum absolute atomic E-state index is 0.0640. The first-order chi connectivity index (χ1) is 8.39. The molecule has 100 valence electrons. The van der Waals surface area contributed by atoms with Gasteiger partial charge in [-0.2, -0.15) is 13.2 Å². The van der Waals surface area contributed by atoms with Gasteiger partial charge in [0.25, 0.3) is 0 Å². The summed E-state index contributed by atoms with van der Waals surface area (Å²) in [6.07, 6.45) is -2.40. The van der Waals surface area contributed by atoms with Crippen LogP contribution in [0.2, 0.25) is 5.15 Å². The van der Waals surface area contributed by atoms with E-state index in [2.05, 4.69) is 9.97 Å². The molecule has 1 atom stereocenters. The van der Waals surface area contributed by atoms with Gasteiger partial charge in [-0.05, 0) is 12.8 Å². The van der Waals surface area contributed by atoms with Crippen LogP contribution in [0.3, 0.4) is 0 Å². The van der Waals surface area contributed by atoms with Crippen LogP contribution in [0, 0.1) is 5.92 Å². The lowest BCUT2D eigenvalue weighted by Gasteiger charge is -2.34. The maximum atomic E-state index is 12.7. The van der Waals surface area contributed by atoms with Crippen LogP contribution in [0.4, 0.5) is 24.7 Å². The Morgan fingerprint density at radius 1 is 1.39 bits per heavy atom. The lowest BCUT2D eigenvalue weighted by atomic mass is 9.97. The molecular formula is C10H12ClF3N4. The third-order valence-corrected chi connectivity index (χ3v) is 3.30. The van der Waals surface area contributed by atoms with Crippen LogP contribution in [0.25, 0.3) is 0 Å². The molecule has 1 saturated heterocycles. The normalized spacial score (nSPS) is 21.1. The third-order valence-electron chi connectivity index (χ3n) is 3.00. The van der Waals surface area contributed by atoms with Crippen molar-refractivity contribution in [3.05, 3.63) is 11.5 Å². The quantitative estimate of drug-likeness (QED) is 0.803. The van der Waals surface area contributed by atoms with Crippen molar-refractivity contribution < 1.29 is 13.2 Å². The second-order valence-corrected chi connectivity index (χ2v) is 4.59. The summed E-state index contributed by atoms with van der Waals surface area (Å²) in [5.74, 6) is -1.07. The lowest BCUT2D eigenvalue weighted by molar-refractivity contribution is -0.176. The van der Waals surface area contributed by atoms with E-state index in [1.807, 2.05) is 0 Å². The molecule has 1 aromatic rings. The zero-order valence-corrected chi connectivity index (χ0v) is 10.2. The van der Waals surface area contributed by atoms with E-state index in [1.54, 1.807) is 0 Å². The van der Waals surface area contributed by atoms with Crippen molar-refractivity contribution in [2.45, 2.75) is 19.0 Å². The van der Waals surface area contributed by atoms with E-state index in [1.165, 1.54) is 11.2 Å². The van der Waals surface area contributed by atoms with Crippen LogP contribution in [0.5, 0.6) is 0 Å². The molecular weight excluding hydrogens is 269 g/mol. The van der Waals surface area contributed by atoms with E-state index in [4.69, 9.17) is 17.3 Å². The fourth-order valence-electron chi connectivity index (χ4n) is 2.05. The van der Waals surface area contributed by atoms with Gasteiger partial charge in [0.15, 0.2) is 11.0 Å². The van der Waals surface area contributed by atoms with Gasteiger partial charge >= 0.3 is 6.18 Å². The minimum Gasteiger partial charge on any atom is -0.393 e. The number of hydrogen-bond acceptors (Lipinski definition) is 4. The Morgan fingerprint density at radius 3 is 2.78 bits per heavy atom. The molecule has 2 N–H and O–H groups in total. The van der Waals surface area contributed by atoms with Gasteiger partial charge in [-0.3, -0.25) is 0 Å². The van der Waals surface area contributed by atoms with E-state index in [0.29, 0.717) is 13.0 Å². The summed E-state index contributed by atoms with van der Waals surface area (Å²) >= 11 is 5.73. The second kappa shape index (κ2) is 4.79. The van der Waals surface area contributed by atoms with Gasteiger partial charge in [0.05, 0.1) is 5.92 Å². The predicted molar refractivity (Wildman–Crippen MR) is 62.4 cm³/mol. The van der Waals surface area contributed by atoms with Crippen molar-refractivity contribution >= 4 is 23.1 Å². The summed E-state index contributed by atoms with van der Waals surface area (Å²) in [6, 6.07) is 0. The maximum Gasteiger partial charge on any atom is 0.393 e. The molecule has 2 heterocycles. The van der Waals surface area contributed by atoms with E-state index in [0.717, 1.165) is 0 Å². The summed E-state index contributed by atoms with van der Waals surface area (Å²) in [6.45, 7) is 0.352. The maximum absolute atomic E-state index is 12.7. The number of nitrogens with zero attached hydrogens (tertiary/aromatic N) is 3. The first-order valence-electron chi connectivity index (χ1n) is 5.47. The van der Waals surface area contributed by atoms with Crippen molar-refractivity contribution in [3.8, 4) is 0 Å². The molecule has 0 bridgehead atoms. The Bertz CT molecular complexity index is 438. The summed E-state index contributed by atoms with van der Waals surface area (Å²) in [5.41, 5.74) is 5.81. The van der Waals surface area contributed by atoms with E-state index in [9.17, 15) is 13.2 Å². The number of hydrogen-bond donors (Lipinski definition) is 1. The van der Waals surface area contributed by atoms with E-state index >= 15 is 0 Å². The molecule has 1 fully saturated rings. The highest BCUT2D eigenvalue weighted by Crippen LogP contribution is 2.36. The average molecular weight is 281 g/mol. The Morgan fingerprint density at radius 2 is 2.11 bits per heavy atom. The predicted octanol–water partition coefficient (Wildman–Crippen LogP) is 2.49. The van der Waals surface area contributed by atoms with Crippen molar-refractivity contribution in [2.75, 3.05) is 23.7 Å². The number of halogens is 4. The lowest BCUT2D eigenvalue weighted by Crippen LogP contribution is -2.42. The number of piperidine rings is 1. The van der Waals surface area contributed by atoms with Gasteiger partial charge in [0.1, 0.15) is 12.0 Å². The summed E-state index contributed by atoms with van der Waals surface area (Å²) in [7, 11) is 0. The number of aromatic nitrogens is 2. The van der Waals surface area contributed by atoms with Crippen molar-refractivity contribution in [1.82, 2.24) is 9.97 Å². The third kappa shape index (κ3) is 2.60. The Balaban J connectivity index is 2.21. The fourth-order valence-corrected chi connectivity index (χ4v) is 2.18. The molecule has 8 heteroatoms. The largest absolute Gasteiger partial charge is 0.393 e. The first-order valence-corrected chi connectivity index (χ1v) is 5.85. The van der Waals surface area contributed by atoms with Crippen LogP contribution in [-0.2, 0) is 0 Å². The molecule has 4 nitrogen and oxygen atoms in total. The molecule has 1 aliphatic rings. The van der Waals surface area contributed by atoms with E-state index in [-0.39, 0.29) is 29.6 Å². The Kier molecular flexibility index (Phi) is 3.52. The summed E-state index contributed by atoms with van der Waals surface area (Å²) < 4.78 is 38.1. The second-order valence-electron chi connectivity index (χ2n) is 4.23. The van der Waals surface area contributed by atoms with Crippen molar-refractivity contribution in [2.24, 2.45) is 5.92 Å². The van der Waals surface area contributed by atoms with Crippen molar-refractivity contribution in [3.63, 3.8) is 0 Å². The average Bonchev–Trinajstić information content (AvgIpc) is 2.32. The van der Waals surface area contributed by atoms with Crippen LogP contribution < -0.4 is 10.6 Å². The molecule has 1 unspecified atom stereocenters. The summed E-state index contributed by atoms with van der Waals surface area (Å²) in [5, 5.41) is 0.0640. The molecule has 0 spiro atoms. The topological polar surface area (TPSA) is 55.0 Å². The zero-order chi connectivity index (χ0) is 13.3. The van der Waals surface area contributed by atoms with E-state index < -0.39 is 12.1 Å². The Labute approximate surface area is 107 Å². The molecule has 0 saturated carbocycles. The molecule has 0 aromatic carbocycles. The minimum atomic E-state index is -4.19. The van der Waals surface area contributed by atoms with Crippen LogP contribution in [0.1, 0.15) is 12.8 Å². The standard InChI is InChI=1S/C10H12ClF3N4/c11-8-7(15)9(17-5-16-8)18-3-1-2-6(4-18)10(12,13)14/h5-6H,1-4,15H2. The highest BCUT2D eigenvalue weighted by atomic mass is 35.5. The van der Waals surface area contributed by atoms with Gasteiger partial charge in [-0.15, -0.1) is 0 Å². The number of rotatable bonds is 1. The highest BCUT2D eigenvalue weighted by Gasteiger charge is 2.42. The smallest absolute Gasteiger partial charge is 0.393 e. The monoisotopic (exact) mass is 280 g/mol. The van der Waals surface area contributed by atoms with Crippen LogP contribution >= 0.6 is 11.6 Å². The number of anilines is 2. The number of nitrogen functional groups attached to an aromatic ring is 1. The number of alkyl halides is 3. The molecule has 0 radical (unpaired) electrons. The molecule has 2 rings (SSSR count).